The fourth-order valence-corrected chi connectivity index (χ4v) is 5.57. The fraction of sp³-hybridized carbons (Fsp3) is 0.364. The molecule has 0 spiro atoms. The molecule has 1 aromatic carbocycles. The van der Waals surface area contributed by atoms with Crippen LogP contribution in [0.2, 0.25) is 0 Å². The van der Waals surface area contributed by atoms with Crippen LogP contribution < -0.4 is 0 Å². The minimum Gasteiger partial charge on any atom is -0.356 e. The molecule has 1 unspecified atom stereocenters. The minimum absolute atomic E-state index is 0.173. The molecule has 11 nitrogen and oxygen atoms in total. The summed E-state index contributed by atoms with van der Waals surface area (Å²) in [4.78, 5) is 11.5. The largest absolute Gasteiger partial charge is 0.356 e. The zero-order valence-corrected chi connectivity index (χ0v) is 24.7. The maximum atomic E-state index is 6.12. The first-order chi connectivity index (χ1) is 21.7. The number of benzene rings is 1. The standard InChI is InChI=1S/C33H34N8O3/c1-24(43-32-4-2-3-17-42-32)33-34-13-14-40(33)22-29-18-31(44-37-29)27-10-7-25(8-11-27)5-6-26-9-12-28(35-19-26)21-39-15-16-41-30(23-39)20-36-38-41/h7-14,18-20,24,32H,2-4,15-17,21-23H2,1H3/t24-,32?/m0/s1. The monoisotopic (exact) mass is 590 g/mol. The molecule has 224 valence electrons. The van der Waals surface area contributed by atoms with Crippen LogP contribution in [0.4, 0.5) is 0 Å². The van der Waals surface area contributed by atoms with E-state index >= 15 is 0 Å². The van der Waals surface area contributed by atoms with Crippen LogP contribution in [-0.4, -0.2) is 59.0 Å². The lowest BCUT2D eigenvalue weighted by Gasteiger charge is -2.26. The highest BCUT2D eigenvalue weighted by atomic mass is 16.7. The van der Waals surface area contributed by atoms with Gasteiger partial charge in [0.1, 0.15) is 17.6 Å². The van der Waals surface area contributed by atoms with Gasteiger partial charge in [-0.2, -0.15) is 0 Å². The smallest absolute Gasteiger partial charge is 0.167 e. The van der Waals surface area contributed by atoms with Gasteiger partial charge in [0, 0.05) is 67.6 Å². The van der Waals surface area contributed by atoms with E-state index < -0.39 is 0 Å². The van der Waals surface area contributed by atoms with Crippen LogP contribution in [-0.2, 0) is 35.7 Å². The van der Waals surface area contributed by atoms with Crippen molar-refractivity contribution in [2.75, 3.05) is 13.2 Å². The maximum absolute atomic E-state index is 6.12. The number of hydrogen-bond acceptors (Lipinski definition) is 9. The number of rotatable bonds is 8. The fourth-order valence-electron chi connectivity index (χ4n) is 5.57. The van der Waals surface area contributed by atoms with E-state index in [1.54, 1.807) is 6.20 Å². The topological polar surface area (TPSA) is 109 Å². The van der Waals surface area contributed by atoms with Crippen molar-refractivity contribution in [1.82, 2.24) is 39.6 Å². The molecule has 0 radical (unpaired) electrons. The molecule has 1 saturated heterocycles. The summed E-state index contributed by atoms with van der Waals surface area (Å²) < 4.78 is 21.5. The molecule has 2 aliphatic rings. The van der Waals surface area contributed by atoms with E-state index in [-0.39, 0.29) is 12.4 Å². The van der Waals surface area contributed by atoms with Gasteiger partial charge in [-0.05, 0) is 62.6 Å². The van der Waals surface area contributed by atoms with Crippen molar-refractivity contribution in [1.29, 1.82) is 0 Å². The quantitative estimate of drug-likeness (QED) is 0.240. The van der Waals surface area contributed by atoms with Crippen LogP contribution in [0.15, 0.2) is 71.8 Å². The lowest BCUT2D eigenvalue weighted by molar-refractivity contribution is -0.188. The third kappa shape index (κ3) is 6.63. The lowest BCUT2D eigenvalue weighted by Crippen LogP contribution is -2.33. The minimum atomic E-state index is -0.188. The highest BCUT2D eigenvalue weighted by Gasteiger charge is 2.22. The number of imidazole rings is 1. The Bertz CT molecular complexity index is 1740. The Morgan fingerprint density at radius 1 is 0.977 bits per heavy atom. The van der Waals surface area contributed by atoms with Gasteiger partial charge < -0.3 is 18.6 Å². The number of aromatic nitrogens is 7. The van der Waals surface area contributed by atoms with Crippen LogP contribution in [0.5, 0.6) is 0 Å². The summed E-state index contributed by atoms with van der Waals surface area (Å²) in [5.74, 6) is 8.00. The predicted octanol–water partition coefficient (Wildman–Crippen LogP) is 4.59. The molecule has 2 atom stereocenters. The Kier molecular flexibility index (Phi) is 8.28. The molecule has 0 saturated carbocycles. The molecule has 1 fully saturated rings. The maximum Gasteiger partial charge on any atom is 0.167 e. The molecule has 4 aromatic heterocycles. The number of pyridine rings is 1. The van der Waals surface area contributed by atoms with Crippen molar-refractivity contribution < 1.29 is 14.0 Å². The van der Waals surface area contributed by atoms with Gasteiger partial charge in [-0.1, -0.05) is 22.2 Å². The van der Waals surface area contributed by atoms with Crippen molar-refractivity contribution in [3.63, 3.8) is 0 Å². The van der Waals surface area contributed by atoms with Gasteiger partial charge in [0.2, 0.25) is 0 Å². The van der Waals surface area contributed by atoms with Crippen LogP contribution >= 0.6 is 0 Å². The summed E-state index contributed by atoms with van der Waals surface area (Å²) in [6, 6.07) is 14.0. The Hall–Kier alpha value is -4.63. The van der Waals surface area contributed by atoms with E-state index in [2.05, 4.69) is 42.2 Å². The van der Waals surface area contributed by atoms with Crippen LogP contribution in [0, 0.1) is 11.8 Å². The van der Waals surface area contributed by atoms with E-state index in [0.29, 0.717) is 12.3 Å². The number of fused-ring (bicyclic) bond motifs is 1. The molecular weight excluding hydrogens is 556 g/mol. The normalized spacial score (nSPS) is 17.5. The van der Waals surface area contributed by atoms with Gasteiger partial charge in [-0.25, -0.2) is 9.67 Å². The van der Waals surface area contributed by atoms with E-state index in [4.69, 9.17) is 14.0 Å². The molecule has 2 aliphatic heterocycles. The van der Waals surface area contributed by atoms with Crippen molar-refractivity contribution in [2.45, 2.75) is 64.8 Å². The first kappa shape index (κ1) is 28.2. The summed E-state index contributed by atoms with van der Waals surface area (Å²) in [7, 11) is 0. The zero-order chi connectivity index (χ0) is 29.7. The number of nitrogens with zero attached hydrogens (tertiary/aromatic N) is 8. The Morgan fingerprint density at radius 2 is 1.86 bits per heavy atom. The second-order valence-corrected chi connectivity index (χ2v) is 11.2. The Balaban J connectivity index is 0.939. The molecule has 0 amide bonds. The summed E-state index contributed by atoms with van der Waals surface area (Å²) in [5, 5.41) is 12.4. The third-order valence-electron chi connectivity index (χ3n) is 7.94. The second-order valence-electron chi connectivity index (χ2n) is 11.2. The van der Waals surface area contributed by atoms with Crippen molar-refractivity contribution in [3.8, 4) is 23.2 Å². The van der Waals surface area contributed by atoms with Crippen LogP contribution in [0.3, 0.4) is 0 Å². The van der Waals surface area contributed by atoms with Crippen LogP contribution in [0.1, 0.15) is 66.3 Å². The predicted molar refractivity (Wildman–Crippen MR) is 161 cm³/mol. The van der Waals surface area contributed by atoms with E-state index in [0.717, 1.165) is 91.6 Å². The zero-order valence-electron chi connectivity index (χ0n) is 24.7. The molecule has 0 aliphatic carbocycles. The lowest BCUT2D eigenvalue weighted by atomic mass is 10.1. The summed E-state index contributed by atoms with van der Waals surface area (Å²) in [6.07, 6.45) is 10.2. The molecule has 44 heavy (non-hydrogen) atoms. The molecule has 0 bridgehead atoms. The highest BCUT2D eigenvalue weighted by Crippen LogP contribution is 2.25. The molecule has 0 N–H and O–H groups in total. The number of hydrogen-bond donors (Lipinski definition) is 0. The van der Waals surface area contributed by atoms with Gasteiger partial charge in [0.15, 0.2) is 12.1 Å². The molecule has 6 heterocycles. The van der Waals surface area contributed by atoms with Crippen molar-refractivity contribution in [2.24, 2.45) is 0 Å². The molecule has 11 heteroatoms. The second kappa shape index (κ2) is 12.9. The average Bonchev–Trinajstić information content (AvgIpc) is 3.83. The summed E-state index contributed by atoms with van der Waals surface area (Å²) in [6.45, 7) is 6.70. The number of ether oxygens (including phenoxy) is 2. The van der Waals surface area contributed by atoms with Crippen LogP contribution in [0.25, 0.3) is 11.3 Å². The highest BCUT2D eigenvalue weighted by molar-refractivity contribution is 5.59. The molecule has 5 aromatic rings. The van der Waals surface area contributed by atoms with E-state index in [1.807, 2.05) is 77.2 Å². The Morgan fingerprint density at radius 3 is 2.70 bits per heavy atom. The Labute approximate surface area is 255 Å². The first-order valence-corrected chi connectivity index (χ1v) is 15.1. The SMILES string of the molecule is C[C@H](OC1CCCCO1)c1nccn1Cc1cc(-c2ccc(C#Cc3ccc(CN4CCn5nncc5C4)nc3)cc2)on1. The van der Waals surface area contributed by atoms with Crippen molar-refractivity contribution in [3.05, 3.63) is 101 Å². The van der Waals surface area contributed by atoms with E-state index in [9.17, 15) is 0 Å². The summed E-state index contributed by atoms with van der Waals surface area (Å²) >= 11 is 0. The first-order valence-electron chi connectivity index (χ1n) is 15.1. The summed E-state index contributed by atoms with van der Waals surface area (Å²) in [5.41, 5.74) is 5.70. The molecular formula is C33H34N8O3. The third-order valence-corrected chi connectivity index (χ3v) is 7.94. The molecule has 7 rings (SSSR count). The van der Waals surface area contributed by atoms with Gasteiger partial charge in [0.25, 0.3) is 0 Å². The van der Waals surface area contributed by atoms with Gasteiger partial charge in [-0.15, -0.1) is 5.10 Å². The van der Waals surface area contributed by atoms with Crippen molar-refractivity contribution >= 4 is 0 Å². The van der Waals surface area contributed by atoms with Gasteiger partial charge in [-0.3, -0.25) is 9.88 Å². The average molecular weight is 591 g/mol. The van der Waals surface area contributed by atoms with Gasteiger partial charge >= 0.3 is 0 Å². The van der Waals surface area contributed by atoms with Gasteiger partial charge in [0.05, 0.1) is 30.7 Å². The van der Waals surface area contributed by atoms with E-state index in [1.165, 1.54) is 0 Å².